The highest BCUT2D eigenvalue weighted by Crippen LogP contribution is 2.37. The molecular weight excluding hydrogens is 568 g/mol. The smallest absolute Gasteiger partial charge is 0.410 e. The molecule has 0 saturated carbocycles. The molecule has 0 unspecified atom stereocenters. The number of epoxide rings is 1. The van der Waals surface area contributed by atoms with Crippen molar-refractivity contribution in [1.29, 1.82) is 0 Å². The van der Waals surface area contributed by atoms with Crippen LogP contribution in [-0.2, 0) is 19.0 Å². The molecule has 3 rings (SSSR count). The molecule has 3 aliphatic rings. The van der Waals surface area contributed by atoms with E-state index in [1.165, 1.54) is 0 Å². The van der Waals surface area contributed by atoms with Crippen LogP contribution in [0, 0.1) is 11.8 Å². The van der Waals surface area contributed by atoms with Crippen LogP contribution in [0.25, 0.3) is 0 Å². The number of hydrogen-bond acceptors (Lipinski definition) is 10. The van der Waals surface area contributed by atoms with Crippen LogP contribution < -0.4 is 5.32 Å². The number of piperazine rings is 1. The molecular formula is C33H54N2O9. The number of cyclic esters (lactones) is 1. The van der Waals surface area contributed by atoms with Gasteiger partial charge in [0, 0.05) is 44.4 Å². The zero-order valence-electron chi connectivity index (χ0n) is 27.1. The molecule has 0 bridgehead atoms. The minimum atomic E-state index is -1.48. The largest absolute Gasteiger partial charge is 0.457 e. The number of carbonyl (C=O) groups is 2. The second-order valence-corrected chi connectivity index (χ2v) is 13.3. The average Bonchev–Trinajstić information content (AvgIpc) is 3.73. The van der Waals surface area contributed by atoms with Gasteiger partial charge in [-0.25, -0.2) is 4.79 Å². The summed E-state index contributed by atoms with van der Waals surface area (Å²) in [5.74, 6) is -0.942. The van der Waals surface area contributed by atoms with Crippen molar-refractivity contribution in [1.82, 2.24) is 10.2 Å². The first kappa shape index (κ1) is 36.2. The lowest BCUT2D eigenvalue weighted by molar-refractivity contribution is -0.151. The summed E-state index contributed by atoms with van der Waals surface area (Å²) in [6, 6.07) is 0. The highest BCUT2D eigenvalue weighted by atomic mass is 16.6. The van der Waals surface area contributed by atoms with Crippen molar-refractivity contribution in [3.63, 3.8) is 0 Å². The van der Waals surface area contributed by atoms with Gasteiger partial charge in [0.25, 0.3) is 0 Å². The van der Waals surface area contributed by atoms with Gasteiger partial charge in [-0.2, -0.15) is 0 Å². The van der Waals surface area contributed by atoms with Gasteiger partial charge in [-0.3, -0.25) is 4.79 Å². The predicted molar refractivity (Wildman–Crippen MR) is 166 cm³/mol. The van der Waals surface area contributed by atoms with Crippen molar-refractivity contribution >= 4 is 12.1 Å². The number of carbonyl (C=O) groups excluding carboxylic acids is 2. The van der Waals surface area contributed by atoms with Gasteiger partial charge in [0.05, 0.1) is 36.4 Å². The molecule has 0 aromatic heterocycles. The van der Waals surface area contributed by atoms with E-state index in [9.17, 15) is 30.0 Å². The maximum absolute atomic E-state index is 12.9. The van der Waals surface area contributed by atoms with Crippen LogP contribution in [0.5, 0.6) is 0 Å². The van der Waals surface area contributed by atoms with Crippen LogP contribution in [0.1, 0.15) is 73.6 Å². The zero-order valence-corrected chi connectivity index (χ0v) is 27.1. The van der Waals surface area contributed by atoms with Gasteiger partial charge in [-0.1, -0.05) is 45.1 Å². The van der Waals surface area contributed by atoms with Crippen molar-refractivity contribution in [2.75, 3.05) is 26.2 Å². The van der Waals surface area contributed by atoms with Crippen molar-refractivity contribution in [2.24, 2.45) is 11.8 Å². The van der Waals surface area contributed by atoms with E-state index >= 15 is 0 Å². The van der Waals surface area contributed by atoms with Gasteiger partial charge in [-0.15, -0.1) is 0 Å². The SMILES string of the molecule is CC[C@H](O)[C@@H](C)[C@@H]1O[C@@H]1C[C@@](C)(O)/C=C/C=C(\C)[C@H]1OC(=O)C[C@H](O)CC[C@@](C)(O)[C@@H](OC(=O)N2CCNCC2)/C=C\[C@@H]1C. The van der Waals surface area contributed by atoms with Crippen molar-refractivity contribution in [3.05, 3.63) is 36.0 Å². The molecule has 2 saturated heterocycles. The van der Waals surface area contributed by atoms with E-state index in [2.05, 4.69) is 5.32 Å². The fourth-order valence-electron chi connectivity index (χ4n) is 5.83. The zero-order chi connectivity index (χ0) is 32.7. The topological polar surface area (TPSA) is 161 Å². The lowest BCUT2D eigenvalue weighted by atomic mass is 9.88. The van der Waals surface area contributed by atoms with Gasteiger partial charge in [0.1, 0.15) is 11.7 Å². The average molecular weight is 623 g/mol. The van der Waals surface area contributed by atoms with E-state index in [0.717, 1.165) is 0 Å². The Hall–Kier alpha value is -2.28. The number of nitrogens with one attached hydrogen (secondary N) is 1. The van der Waals surface area contributed by atoms with E-state index in [1.807, 2.05) is 27.7 Å². The Balaban J connectivity index is 1.74. The van der Waals surface area contributed by atoms with Gasteiger partial charge < -0.3 is 44.9 Å². The Morgan fingerprint density at radius 3 is 2.66 bits per heavy atom. The van der Waals surface area contributed by atoms with Gasteiger partial charge >= 0.3 is 12.1 Å². The van der Waals surface area contributed by atoms with Crippen LogP contribution in [0.15, 0.2) is 36.0 Å². The summed E-state index contributed by atoms with van der Waals surface area (Å²) in [5, 5.41) is 46.1. The normalized spacial score (nSPS) is 35.9. The number of allylic oxidation sites excluding steroid dienone is 2. The summed E-state index contributed by atoms with van der Waals surface area (Å²) < 4.78 is 17.3. The van der Waals surface area contributed by atoms with Gasteiger partial charge in [-0.05, 0) is 51.7 Å². The minimum absolute atomic E-state index is 0.00958. The Morgan fingerprint density at radius 1 is 1.32 bits per heavy atom. The van der Waals surface area contributed by atoms with E-state index < -0.39 is 47.7 Å². The van der Waals surface area contributed by atoms with Gasteiger partial charge in [0.2, 0.25) is 0 Å². The Bertz CT molecular complexity index is 1050. The van der Waals surface area contributed by atoms with Crippen LogP contribution in [-0.4, -0.2) is 111 Å². The maximum Gasteiger partial charge on any atom is 0.410 e. The fraction of sp³-hybridized carbons (Fsp3) is 0.758. The van der Waals surface area contributed by atoms with Crippen LogP contribution >= 0.6 is 0 Å². The molecule has 44 heavy (non-hydrogen) atoms. The molecule has 10 atom stereocenters. The molecule has 5 N–H and O–H groups in total. The summed E-state index contributed by atoms with van der Waals surface area (Å²) in [7, 11) is 0. The number of ether oxygens (including phenoxy) is 3. The summed E-state index contributed by atoms with van der Waals surface area (Å²) in [6.07, 6.45) is 5.68. The molecule has 0 radical (unpaired) electrons. The standard InChI is InChI=1S/C33H54N2O9/c1-7-25(37)23(4)30-26(42-30)20-32(5,40)13-8-9-21(2)29-22(3)10-11-27(43-31(39)35-17-15-34-16-18-35)33(6,41)14-12-24(36)19-28(38)44-29/h8-11,13,22-27,29-30,34,36-37,40-41H,7,12,14-20H2,1-6H3/b11-10-,13-8+,21-9+/t22-,23+,24+,25-,26+,27-,29+,30-,32-,33+/m0/s1. The molecule has 0 aliphatic carbocycles. The highest BCUT2D eigenvalue weighted by molar-refractivity contribution is 5.70. The number of hydrogen-bond donors (Lipinski definition) is 5. The third kappa shape index (κ3) is 10.7. The second kappa shape index (κ2) is 15.8. The Labute approximate surface area is 261 Å². The molecule has 250 valence electrons. The summed E-state index contributed by atoms with van der Waals surface area (Å²) in [6.45, 7) is 13.1. The molecule has 0 aromatic rings. The lowest BCUT2D eigenvalue weighted by Gasteiger charge is -2.35. The van der Waals surface area contributed by atoms with E-state index in [1.54, 1.807) is 49.1 Å². The molecule has 1 amide bonds. The molecule has 11 nitrogen and oxygen atoms in total. The van der Waals surface area contributed by atoms with Crippen molar-refractivity contribution in [3.8, 4) is 0 Å². The fourth-order valence-corrected chi connectivity index (χ4v) is 5.83. The monoisotopic (exact) mass is 622 g/mol. The summed E-state index contributed by atoms with van der Waals surface area (Å²) >= 11 is 0. The van der Waals surface area contributed by atoms with Crippen molar-refractivity contribution in [2.45, 2.75) is 121 Å². The summed E-state index contributed by atoms with van der Waals surface area (Å²) in [5.41, 5.74) is -1.93. The molecule has 3 heterocycles. The van der Waals surface area contributed by atoms with Crippen molar-refractivity contribution < 1.29 is 44.2 Å². The van der Waals surface area contributed by atoms with Gasteiger partial charge in [0.15, 0.2) is 6.10 Å². The number of aliphatic hydroxyl groups excluding tert-OH is 2. The first-order valence-electron chi connectivity index (χ1n) is 16.0. The van der Waals surface area contributed by atoms with E-state index in [-0.39, 0.29) is 43.3 Å². The second-order valence-electron chi connectivity index (χ2n) is 13.3. The number of aliphatic hydroxyl groups is 4. The quantitative estimate of drug-likeness (QED) is 0.112. The minimum Gasteiger partial charge on any atom is -0.457 e. The molecule has 11 heteroatoms. The first-order valence-corrected chi connectivity index (χ1v) is 16.0. The highest BCUT2D eigenvalue weighted by Gasteiger charge is 2.47. The van der Waals surface area contributed by atoms with E-state index in [0.29, 0.717) is 44.6 Å². The first-order chi connectivity index (χ1) is 20.6. The summed E-state index contributed by atoms with van der Waals surface area (Å²) in [4.78, 5) is 27.3. The maximum atomic E-state index is 12.9. The van der Waals surface area contributed by atoms with E-state index in [4.69, 9.17) is 14.2 Å². The number of rotatable bonds is 9. The lowest BCUT2D eigenvalue weighted by Crippen LogP contribution is -2.50. The molecule has 3 aliphatic heterocycles. The molecule has 0 spiro atoms. The molecule has 2 fully saturated rings. The Kier molecular flexibility index (Phi) is 13.0. The van der Waals surface area contributed by atoms with Crippen LogP contribution in [0.2, 0.25) is 0 Å². The third-order valence-corrected chi connectivity index (χ3v) is 8.97. The Morgan fingerprint density at radius 2 is 2.00 bits per heavy atom. The third-order valence-electron chi connectivity index (χ3n) is 8.97. The molecule has 0 aromatic carbocycles. The van der Waals surface area contributed by atoms with Crippen LogP contribution in [0.4, 0.5) is 4.79 Å². The number of nitrogens with zero attached hydrogens (tertiary/aromatic N) is 1. The number of amides is 1. The number of esters is 1. The predicted octanol–water partition coefficient (Wildman–Crippen LogP) is 2.61. The van der Waals surface area contributed by atoms with Crippen LogP contribution in [0.3, 0.4) is 0 Å².